The van der Waals surface area contributed by atoms with Crippen LogP contribution in [-0.4, -0.2) is 96.5 Å². The number of aromatic nitrogens is 1. The molecule has 3 aliphatic heterocycles. The van der Waals surface area contributed by atoms with Gasteiger partial charge in [-0.2, -0.15) is 0 Å². The molecule has 4 rings (SSSR count). The number of nitrogens with zero attached hydrogens (tertiary/aromatic N) is 3. The molecule has 206 valence electrons. The van der Waals surface area contributed by atoms with Gasteiger partial charge in [-0.15, -0.1) is 0 Å². The second-order valence-corrected chi connectivity index (χ2v) is 12.5. The van der Waals surface area contributed by atoms with Crippen LogP contribution in [0.4, 0.5) is 4.79 Å². The monoisotopic (exact) mass is 546 g/mol. The van der Waals surface area contributed by atoms with Crippen LogP contribution in [0, 0.1) is 29.6 Å². The van der Waals surface area contributed by atoms with Gasteiger partial charge in [0.1, 0.15) is 0 Å². The summed E-state index contributed by atoms with van der Waals surface area (Å²) in [5.41, 5.74) is 3.66. The molecule has 2 atom stereocenters. The third kappa shape index (κ3) is 6.40. The summed E-state index contributed by atoms with van der Waals surface area (Å²) in [5, 5.41) is 8.92. The molecule has 1 aromatic rings. The second-order valence-electron chi connectivity index (χ2n) is 10.1. The number of rotatable bonds is 9. The van der Waals surface area contributed by atoms with E-state index in [1.165, 1.54) is 16.4 Å². The van der Waals surface area contributed by atoms with Crippen LogP contribution in [-0.2, 0) is 30.8 Å². The highest BCUT2D eigenvalue weighted by Gasteiger charge is 2.45. The summed E-state index contributed by atoms with van der Waals surface area (Å²) in [6.07, 6.45) is 4.36. The minimum Gasteiger partial charge on any atom is -0.395 e. The first-order chi connectivity index (χ1) is 18.1. The molecule has 4 heterocycles. The number of amides is 2. The van der Waals surface area contributed by atoms with Crippen LogP contribution in [0.5, 0.6) is 0 Å². The van der Waals surface area contributed by atoms with E-state index in [2.05, 4.69) is 34.1 Å². The standard InChI is InChI=1S/C26H34N4O7S/c1-26(38(2,34)35,24(32)27-37-23-9-5-6-14-36-23)10-11-29-19-22-15-20(18-30(22)25(29)33)7-3-4-8-21-16-28(17-21)12-13-31/h15,18,21,23,31H,5-6,9-14,16-17,19H2,1-2H3,(H,27,32). The van der Waals surface area contributed by atoms with E-state index in [0.717, 1.165) is 37.9 Å². The van der Waals surface area contributed by atoms with E-state index >= 15 is 0 Å². The van der Waals surface area contributed by atoms with Gasteiger partial charge in [0.2, 0.25) is 0 Å². The van der Waals surface area contributed by atoms with E-state index in [-0.39, 0.29) is 38.1 Å². The highest BCUT2D eigenvalue weighted by atomic mass is 32.2. The molecule has 3 aliphatic rings. The number of likely N-dealkylation sites (tertiary alicyclic amines) is 1. The van der Waals surface area contributed by atoms with E-state index in [9.17, 15) is 18.0 Å². The highest BCUT2D eigenvalue weighted by molar-refractivity contribution is 7.92. The predicted octanol–water partition coefficient (Wildman–Crippen LogP) is 0.319. The van der Waals surface area contributed by atoms with Crippen molar-refractivity contribution in [3.05, 3.63) is 23.5 Å². The Morgan fingerprint density at radius 1 is 1.29 bits per heavy atom. The molecule has 0 aromatic carbocycles. The van der Waals surface area contributed by atoms with Crippen LogP contribution in [0.3, 0.4) is 0 Å². The Labute approximate surface area is 223 Å². The summed E-state index contributed by atoms with van der Waals surface area (Å²) in [6, 6.07) is 1.50. The molecule has 2 amide bonds. The van der Waals surface area contributed by atoms with Gasteiger partial charge >= 0.3 is 6.03 Å². The summed E-state index contributed by atoms with van der Waals surface area (Å²) >= 11 is 0. The molecule has 0 saturated carbocycles. The minimum atomic E-state index is -3.83. The summed E-state index contributed by atoms with van der Waals surface area (Å²) in [6.45, 7) is 4.69. The smallest absolute Gasteiger partial charge is 0.328 e. The van der Waals surface area contributed by atoms with Crippen molar-refractivity contribution in [1.29, 1.82) is 0 Å². The van der Waals surface area contributed by atoms with E-state index in [1.54, 1.807) is 12.3 Å². The Morgan fingerprint density at radius 3 is 2.74 bits per heavy atom. The fourth-order valence-corrected chi connectivity index (χ4v) is 5.38. The van der Waals surface area contributed by atoms with Crippen molar-refractivity contribution in [2.24, 2.45) is 5.92 Å². The van der Waals surface area contributed by atoms with Crippen molar-refractivity contribution in [2.45, 2.75) is 50.2 Å². The number of hydroxylamine groups is 1. The van der Waals surface area contributed by atoms with Gasteiger partial charge in [-0.25, -0.2) is 23.5 Å². The number of nitrogens with one attached hydrogen (secondary N) is 1. The van der Waals surface area contributed by atoms with Crippen molar-refractivity contribution >= 4 is 21.8 Å². The SMILES string of the molecule is CC(CCN1Cc2cc(C#CC#CC3CN(CCO)C3)cn2C1=O)(C(=O)NOC1CCCCO1)S(C)(=O)=O. The molecule has 38 heavy (non-hydrogen) atoms. The Morgan fingerprint density at radius 2 is 2.08 bits per heavy atom. The van der Waals surface area contributed by atoms with Gasteiger partial charge < -0.3 is 14.7 Å². The van der Waals surface area contributed by atoms with E-state index in [4.69, 9.17) is 14.7 Å². The van der Waals surface area contributed by atoms with E-state index in [1.807, 2.05) is 0 Å². The molecule has 12 heteroatoms. The lowest BCUT2D eigenvalue weighted by Crippen LogP contribution is -2.52. The average molecular weight is 547 g/mol. The molecule has 2 N–H and O–H groups in total. The largest absolute Gasteiger partial charge is 0.395 e. The topological polar surface area (TPSA) is 130 Å². The Hall–Kier alpha value is -2.87. The summed E-state index contributed by atoms with van der Waals surface area (Å²) in [7, 11) is -3.83. The maximum atomic E-state index is 12.9. The van der Waals surface area contributed by atoms with Crippen molar-refractivity contribution in [2.75, 3.05) is 45.6 Å². The Balaban J connectivity index is 1.31. The summed E-state index contributed by atoms with van der Waals surface area (Å²) in [5.74, 6) is 11.2. The number of carbonyl (C=O) groups is 2. The zero-order chi connectivity index (χ0) is 27.3. The number of ether oxygens (including phenoxy) is 1. The van der Waals surface area contributed by atoms with E-state index in [0.29, 0.717) is 25.1 Å². The molecular formula is C26H34N4O7S. The lowest BCUT2D eigenvalue weighted by atomic mass is 10.0. The third-order valence-corrected chi connectivity index (χ3v) is 9.25. The first-order valence-corrected chi connectivity index (χ1v) is 14.6. The van der Waals surface area contributed by atoms with Crippen molar-refractivity contribution in [3.63, 3.8) is 0 Å². The Kier molecular flexibility index (Phi) is 8.81. The Bertz CT molecular complexity index is 1270. The zero-order valence-corrected chi connectivity index (χ0v) is 22.6. The number of carbonyl (C=O) groups excluding carboxylic acids is 2. The van der Waals surface area contributed by atoms with E-state index < -0.39 is 26.8 Å². The zero-order valence-electron chi connectivity index (χ0n) is 21.7. The number of hydrogen-bond acceptors (Lipinski definition) is 8. The highest BCUT2D eigenvalue weighted by Crippen LogP contribution is 2.26. The van der Waals surface area contributed by atoms with Crippen LogP contribution in [0.2, 0.25) is 0 Å². The van der Waals surface area contributed by atoms with Gasteiger partial charge in [0.05, 0.1) is 13.2 Å². The van der Waals surface area contributed by atoms with Crippen molar-refractivity contribution in [3.8, 4) is 23.7 Å². The van der Waals surface area contributed by atoms with Crippen LogP contribution in [0.1, 0.15) is 43.9 Å². The van der Waals surface area contributed by atoms with Crippen molar-refractivity contribution < 1.29 is 32.7 Å². The molecule has 0 aliphatic carbocycles. The fourth-order valence-electron chi connectivity index (χ4n) is 4.54. The summed E-state index contributed by atoms with van der Waals surface area (Å²) in [4.78, 5) is 34.7. The van der Waals surface area contributed by atoms with Crippen molar-refractivity contribution in [1.82, 2.24) is 19.8 Å². The number of fused-ring (bicyclic) bond motifs is 1. The number of β-amino-alcohol motifs (C(OH)–C–C–N with tert-alkyl or cyclic N) is 1. The van der Waals surface area contributed by atoms with Gasteiger partial charge in [0.25, 0.3) is 5.91 Å². The van der Waals surface area contributed by atoms with Crippen LogP contribution in [0.15, 0.2) is 12.3 Å². The molecule has 2 unspecified atom stereocenters. The number of sulfone groups is 1. The molecule has 1 aromatic heterocycles. The third-order valence-electron chi connectivity index (χ3n) is 7.23. The molecule has 11 nitrogen and oxygen atoms in total. The molecule has 0 spiro atoms. The lowest BCUT2D eigenvalue weighted by Gasteiger charge is -2.35. The van der Waals surface area contributed by atoms with Gasteiger partial charge in [0, 0.05) is 68.8 Å². The van der Waals surface area contributed by atoms with Gasteiger partial charge in [-0.1, -0.05) is 11.8 Å². The molecule has 2 fully saturated rings. The molecular weight excluding hydrogens is 512 g/mol. The van der Waals surface area contributed by atoms with Crippen LogP contribution < -0.4 is 5.48 Å². The molecule has 0 bridgehead atoms. The van der Waals surface area contributed by atoms with Crippen LogP contribution >= 0.6 is 0 Å². The normalized spacial score (nSPS) is 21.4. The first-order valence-electron chi connectivity index (χ1n) is 12.7. The molecule has 0 radical (unpaired) electrons. The maximum Gasteiger partial charge on any atom is 0.328 e. The van der Waals surface area contributed by atoms with Gasteiger partial charge in [0.15, 0.2) is 20.9 Å². The summed E-state index contributed by atoms with van der Waals surface area (Å²) < 4.78 is 30.3. The lowest BCUT2D eigenvalue weighted by molar-refractivity contribution is -0.201. The molecule has 2 saturated heterocycles. The van der Waals surface area contributed by atoms with Gasteiger partial charge in [-0.3, -0.25) is 14.3 Å². The number of aliphatic hydroxyl groups is 1. The number of hydrogen-bond donors (Lipinski definition) is 2. The minimum absolute atomic E-state index is 0.0681. The quantitative estimate of drug-likeness (QED) is 0.335. The number of aliphatic hydroxyl groups excluding tert-OH is 1. The maximum absolute atomic E-state index is 12.9. The van der Waals surface area contributed by atoms with Gasteiger partial charge in [-0.05, 0) is 44.1 Å². The average Bonchev–Trinajstić information content (AvgIpc) is 3.39. The van der Waals surface area contributed by atoms with Crippen LogP contribution in [0.25, 0.3) is 0 Å². The first kappa shape index (κ1) is 28.1. The second kappa shape index (κ2) is 11.9. The predicted molar refractivity (Wildman–Crippen MR) is 138 cm³/mol. The fraction of sp³-hybridized carbons (Fsp3) is 0.615.